The largest absolute Gasteiger partial charge is 0.338 e. The van der Waals surface area contributed by atoms with Gasteiger partial charge in [-0.1, -0.05) is 13.8 Å². The number of carbonyl (C=O) groups is 1. The van der Waals surface area contributed by atoms with Crippen molar-refractivity contribution < 1.29 is 9.18 Å². The van der Waals surface area contributed by atoms with Gasteiger partial charge in [0.25, 0.3) is 5.91 Å². The van der Waals surface area contributed by atoms with Crippen LogP contribution in [0.15, 0.2) is 18.5 Å². The van der Waals surface area contributed by atoms with Gasteiger partial charge in [0.2, 0.25) is 0 Å². The highest BCUT2D eigenvalue weighted by atomic mass is 19.1. The molecule has 1 saturated heterocycles. The standard InChI is InChI=1S/C13H18FN3O/c1-13(2)8-17(4-3-11(13)15)12(18)9-5-10(14)7-16-6-9/h5-7,11H,3-4,8,15H2,1-2H3. The van der Waals surface area contributed by atoms with Crippen molar-refractivity contribution >= 4 is 5.91 Å². The summed E-state index contributed by atoms with van der Waals surface area (Å²) in [6, 6.07) is 1.31. The molecular formula is C13H18FN3O. The molecule has 98 valence electrons. The van der Waals surface area contributed by atoms with E-state index in [0.717, 1.165) is 12.6 Å². The van der Waals surface area contributed by atoms with Gasteiger partial charge in [0.15, 0.2) is 0 Å². The molecule has 1 unspecified atom stereocenters. The number of aromatic nitrogens is 1. The molecule has 1 aliphatic heterocycles. The van der Waals surface area contributed by atoms with Crippen LogP contribution in [-0.4, -0.2) is 34.9 Å². The van der Waals surface area contributed by atoms with Crippen LogP contribution in [0.1, 0.15) is 30.6 Å². The normalized spacial score (nSPS) is 22.9. The van der Waals surface area contributed by atoms with Crippen molar-refractivity contribution in [2.24, 2.45) is 11.1 Å². The number of nitrogens with two attached hydrogens (primary N) is 1. The first kappa shape index (κ1) is 13.0. The van der Waals surface area contributed by atoms with Crippen LogP contribution in [0.25, 0.3) is 0 Å². The Morgan fingerprint density at radius 1 is 1.56 bits per heavy atom. The van der Waals surface area contributed by atoms with Crippen LogP contribution in [0.2, 0.25) is 0 Å². The Morgan fingerprint density at radius 3 is 2.89 bits per heavy atom. The first-order chi connectivity index (χ1) is 8.40. The van der Waals surface area contributed by atoms with E-state index in [-0.39, 0.29) is 17.4 Å². The van der Waals surface area contributed by atoms with Crippen LogP contribution in [0.4, 0.5) is 4.39 Å². The molecule has 0 aromatic carbocycles. The van der Waals surface area contributed by atoms with Crippen LogP contribution in [-0.2, 0) is 0 Å². The smallest absolute Gasteiger partial charge is 0.255 e. The van der Waals surface area contributed by atoms with Crippen molar-refractivity contribution in [3.63, 3.8) is 0 Å². The van der Waals surface area contributed by atoms with Crippen LogP contribution in [0, 0.1) is 11.2 Å². The molecule has 0 bridgehead atoms. The Balaban J connectivity index is 2.15. The first-order valence-corrected chi connectivity index (χ1v) is 6.05. The van der Waals surface area contributed by atoms with E-state index in [2.05, 4.69) is 4.98 Å². The minimum Gasteiger partial charge on any atom is -0.338 e. The maximum atomic E-state index is 13.1. The lowest BCUT2D eigenvalue weighted by atomic mass is 9.79. The first-order valence-electron chi connectivity index (χ1n) is 6.05. The van der Waals surface area contributed by atoms with Crippen molar-refractivity contribution in [2.75, 3.05) is 13.1 Å². The molecule has 2 rings (SSSR count). The number of nitrogens with zero attached hydrogens (tertiary/aromatic N) is 2. The molecule has 18 heavy (non-hydrogen) atoms. The number of hydrogen-bond donors (Lipinski definition) is 1. The van der Waals surface area contributed by atoms with Gasteiger partial charge in [0, 0.05) is 25.3 Å². The summed E-state index contributed by atoms with van der Waals surface area (Å²) in [5, 5.41) is 0. The van der Waals surface area contributed by atoms with Gasteiger partial charge in [-0.25, -0.2) is 4.39 Å². The van der Waals surface area contributed by atoms with Crippen molar-refractivity contribution in [3.05, 3.63) is 29.8 Å². The van der Waals surface area contributed by atoms with E-state index in [9.17, 15) is 9.18 Å². The highest BCUT2D eigenvalue weighted by molar-refractivity contribution is 5.94. The highest BCUT2D eigenvalue weighted by Crippen LogP contribution is 2.28. The molecule has 0 radical (unpaired) electrons. The van der Waals surface area contributed by atoms with Gasteiger partial charge in [-0.05, 0) is 17.9 Å². The maximum Gasteiger partial charge on any atom is 0.255 e. The van der Waals surface area contributed by atoms with Gasteiger partial charge in [0.1, 0.15) is 5.82 Å². The summed E-state index contributed by atoms with van der Waals surface area (Å²) in [7, 11) is 0. The van der Waals surface area contributed by atoms with Gasteiger partial charge in [-0.3, -0.25) is 9.78 Å². The lowest BCUT2D eigenvalue weighted by Gasteiger charge is -2.42. The minimum atomic E-state index is -0.492. The van der Waals surface area contributed by atoms with Crippen molar-refractivity contribution in [1.29, 1.82) is 0 Å². The van der Waals surface area contributed by atoms with E-state index in [1.807, 2.05) is 13.8 Å². The molecule has 4 nitrogen and oxygen atoms in total. The average molecular weight is 251 g/mol. The van der Waals surface area contributed by atoms with E-state index >= 15 is 0 Å². The number of amides is 1. The Morgan fingerprint density at radius 2 is 2.28 bits per heavy atom. The summed E-state index contributed by atoms with van der Waals surface area (Å²) in [5.41, 5.74) is 6.20. The molecule has 5 heteroatoms. The van der Waals surface area contributed by atoms with E-state index in [1.54, 1.807) is 4.90 Å². The van der Waals surface area contributed by atoms with E-state index < -0.39 is 5.82 Å². The Hall–Kier alpha value is -1.49. The van der Waals surface area contributed by atoms with Crippen LogP contribution in [0.5, 0.6) is 0 Å². The number of carbonyl (C=O) groups excluding carboxylic acids is 1. The van der Waals surface area contributed by atoms with E-state index in [0.29, 0.717) is 18.7 Å². The molecule has 1 fully saturated rings. The second kappa shape index (κ2) is 4.65. The zero-order valence-corrected chi connectivity index (χ0v) is 10.7. The Kier molecular flexibility index (Phi) is 3.34. The molecule has 2 N–H and O–H groups in total. The highest BCUT2D eigenvalue weighted by Gasteiger charge is 2.35. The fraction of sp³-hybridized carbons (Fsp3) is 0.538. The predicted molar refractivity (Wildman–Crippen MR) is 66.5 cm³/mol. The van der Waals surface area contributed by atoms with Crippen LogP contribution in [0.3, 0.4) is 0 Å². The zero-order valence-electron chi connectivity index (χ0n) is 10.7. The Bertz CT molecular complexity index is 461. The van der Waals surface area contributed by atoms with Crippen molar-refractivity contribution in [3.8, 4) is 0 Å². The summed E-state index contributed by atoms with van der Waals surface area (Å²) < 4.78 is 13.1. The third kappa shape index (κ3) is 2.51. The lowest BCUT2D eigenvalue weighted by Crippen LogP contribution is -2.54. The lowest BCUT2D eigenvalue weighted by molar-refractivity contribution is 0.0532. The number of likely N-dealkylation sites (tertiary alicyclic amines) is 1. The molecule has 1 aliphatic rings. The van der Waals surface area contributed by atoms with Crippen LogP contribution >= 0.6 is 0 Å². The quantitative estimate of drug-likeness (QED) is 0.821. The summed E-state index contributed by atoms with van der Waals surface area (Å²) in [4.78, 5) is 17.7. The second-order valence-electron chi connectivity index (χ2n) is 5.50. The SMILES string of the molecule is CC1(C)CN(C(=O)c2cncc(F)c2)CCC1N. The summed E-state index contributed by atoms with van der Waals surface area (Å²) in [6.07, 6.45) is 3.25. The van der Waals surface area contributed by atoms with Gasteiger partial charge >= 0.3 is 0 Å². The zero-order chi connectivity index (χ0) is 13.3. The topological polar surface area (TPSA) is 59.2 Å². The second-order valence-corrected chi connectivity index (χ2v) is 5.50. The maximum absolute atomic E-state index is 13.1. The molecule has 1 aromatic rings. The third-order valence-electron chi connectivity index (χ3n) is 3.55. The summed E-state index contributed by atoms with van der Waals surface area (Å²) >= 11 is 0. The van der Waals surface area contributed by atoms with Gasteiger partial charge in [0.05, 0.1) is 11.8 Å². The van der Waals surface area contributed by atoms with E-state index in [4.69, 9.17) is 5.73 Å². The fourth-order valence-corrected chi connectivity index (χ4v) is 2.26. The number of rotatable bonds is 1. The van der Waals surface area contributed by atoms with Crippen molar-refractivity contribution in [1.82, 2.24) is 9.88 Å². The third-order valence-corrected chi connectivity index (χ3v) is 3.55. The minimum absolute atomic E-state index is 0.0900. The molecule has 0 saturated carbocycles. The van der Waals surface area contributed by atoms with E-state index in [1.165, 1.54) is 12.3 Å². The summed E-state index contributed by atoms with van der Waals surface area (Å²) in [6.45, 7) is 5.28. The Labute approximate surface area is 106 Å². The van der Waals surface area contributed by atoms with Gasteiger partial charge < -0.3 is 10.6 Å². The molecule has 1 aromatic heterocycles. The number of halogens is 1. The number of pyridine rings is 1. The van der Waals surface area contributed by atoms with Gasteiger partial charge in [-0.2, -0.15) is 0 Å². The molecule has 1 amide bonds. The monoisotopic (exact) mass is 251 g/mol. The fourth-order valence-electron chi connectivity index (χ4n) is 2.26. The molecule has 0 aliphatic carbocycles. The summed E-state index contributed by atoms with van der Waals surface area (Å²) in [5.74, 6) is -0.671. The number of hydrogen-bond acceptors (Lipinski definition) is 3. The molecule has 1 atom stereocenters. The predicted octanol–water partition coefficient (Wildman–Crippen LogP) is 1.42. The van der Waals surface area contributed by atoms with Crippen molar-refractivity contribution in [2.45, 2.75) is 26.3 Å². The molecule has 0 spiro atoms. The molecular weight excluding hydrogens is 233 g/mol. The average Bonchev–Trinajstić information content (AvgIpc) is 2.31. The number of piperidine rings is 1. The van der Waals surface area contributed by atoms with Gasteiger partial charge in [-0.15, -0.1) is 0 Å². The molecule has 2 heterocycles. The van der Waals surface area contributed by atoms with Crippen LogP contribution < -0.4 is 5.73 Å².